The summed E-state index contributed by atoms with van der Waals surface area (Å²) in [4.78, 5) is 12.6. The summed E-state index contributed by atoms with van der Waals surface area (Å²) in [5, 5.41) is 4.75. The predicted octanol–water partition coefficient (Wildman–Crippen LogP) is 6.63. The monoisotopic (exact) mass is 544 g/mol. The van der Waals surface area contributed by atoms with Crippen molar-refractivity contribution < 1.29 is 19.0 Å². The van der Waals surface area contributed by atoms with E-state index in [1.54, 1.807) is 18.2 Å². The van der Waals surface area contributed by atoms with Crippen LogP contribution in [0.5, 0.6) is 17.2 Å². The van der Waals surface area contributed by atoms with Gasteiger partial charge in [0.15, 0.2) is 11.5 Å². The third-order valence-electron chi connectivity index (χ3n) is 4.65. The molecule has 3 rings (SSSR count). The summed E-state index contributed by atoms with van der Waals surface area (Å²) in [5.41, 5.74) is 4.53. The summed E-state index contributed by atoms with van der Waals surface area (Å²) in [6, 6.07) is 18.1. The van der Waals surface area contributed by atoms with Crippen molar-refractivity contribution in [2.75, 3.05) is 13.2 Å². The molecule has 0 fully saturated rings. The van der Waals surface area contributed by atoms with E-state index in [1.807, 2.05) is 56.3 Å². The molecule has 0 unspecified atom stereocenters. The molecule has 0 atom stereocenters. The van der Waals surface area contributed by atoms with E-state index in [0.717, 1.165) is 16.5 Å². The average molecular weight is 546 g/mol. The van der Waals surface area contributed by atoms with Crippen molar-refractivity contribution in [3.8, 4) is 17.2 Å². The largest absolute Gasteiger partial charge is 0.490 e. The number of ether oxygens (including phenoxy) is 3. The van der Waals surface area contributed by atoms with E-state index in [0.29, 0.717) is 53.2 Å². The van der Waals surface area contributed by atoms with E-state index in [9.17, 15) is 4.79 Å². The lowest BCUT2D eigenvalue weighted by Crippen LogP contribution is -2.18. The molecule has 178 valence electrons. The fourth-order valence-electron chi connectivity index (χ4n) is 3.00. The number of carbonyl (C=O) groups is 1. The predicted molar refractivity (Wildman–Crippen MR) is 138 cm³/mol. The van der Waals surface area contributed by atoms with Crippen molar-refractivity contribution >= 4 is 39.7 Å². The van der Waals surface area contributed by atoms with E-state index in [1.165, 1.54) is 6.21 Å². The van der Waals surface area contributed by atoms with Crippen LogP contribution in [0, 0.1) is 0 Å². The van der Waals surface area contributed by atoms with Crippen molar-refractivity contribution in [2.45, 2.75) is 26.9 Å². The minimum Gasteiger partial charge on any atom is -0.490 e. The molecular weight excluding hydrogens is 520 g/mol. The first kappa shape index (κ1) is 25.6. The van der Waals surface area contributed by atoms with Crippen LogP contribution in [0.1, 0.15) is 41.8 Å². The first-order valence-electron chi connectivity index (χ1n) is 10.9. The number of rotatable bonds is 11. The maximum atomic E-state index is 12.6. The molecule has 3 aromatic rings. The van der Waals surface area contributed by atoms with Crippen molar-refractivity contribution in [2.24, 2.45) is 5.10 Å². The van der Waals surface area contributed by atoms with Gasteiger partial charge in [-0.2, -0.15) is 5.10 Å². The molecule has 0 aromatic heterocycles. The van der Waals surface area contributed by atoms with Crippen LogP contribution in [0.3, 0.4) is 0 Å². The highest BCUT2D eigenvalue weighted by molar-refractivity contribution is 9.10. The molecule has 0 aliphatic rings. The van der Waals surface area contributed by atoms with Gasteiger partial charge in [0.2, 0.25) is 0 Å². The van der Waals surface area contributed by atoms with Gasteiger partial charge in [-0.05, 0) is 55.8 Å². The Balaban J connectivity index is 1.70. The number of hydrogen-bond acceptors (Lipinski definition) is 5. The van der Waals surface area contributed by atoms with E-state index in [4.69, 9.17) is 25.8 Å². The van der Waals surface area contributed by atoms with Gasteiger partial charge in [-0.15, -0.1) is 0 Å². The van der Waals surface area contributed by atoms with Gasteiger partial charge in [0.1, 0.15) is 12.4 Å². The quantitative estimate of drug-likeness (QED) is 0.217. The van der Waals surface area contributed by atoms with Gasteiger partial charge in [0, 0.05) is 26.2 Å². The summed E-state index contributed by atoms with van der Waals surface area (Å²) in [6.45, 7) is 5.25. The van der Waals surface area contributed by atoms with Crippen LogP contribution in [0.15, 0.2) is 70.2 Å². The fraction of sp³-hybridized carbons (Fsp3) is 0.231. The molecule has 0 aliphatic carbocycles. The summed E-state index contributed by atoms with van der Waals surface area (Å²) < 4.78 is 18.1. The second kappa shape index (κ2) is 13.0. The maximum absolute atomic E-state index is 12.6. The maximum Gasteiger partial charge on any atom is 0.271 e. The molecule has 0 radical (unpaired) electrons. The first-order valence-corrected chi connectivity index (χ1v) is 12.1. The number of nitrogens with zero attached hydrogens (tertiary/aromatic N) is 1. The average Bonchev–Trinajstić information content (AvgIpc) is 2.83. The van der Waals surface area contributed by atoms with Crippen molar-refractivity contribution in [1.82, 2.24) is 5.43 Å². The molecule has 1 N–H and O–H groups in total. The van der Waals surface area contributed by atoms with Crippen LogP contribution in [0.4, 0.5) is 0 Å². The lowest BCUT2D eigenvalue weighted by molar-refractivity contribution is 0.0954. The molecule has 0 aliphatic heterocycles. The third kappa shape index (κ3) is 7.23. The Labute approximate surface area is 213 Å². The van der Waals surface area contributed by atoms with Crippen LogP contribution in [-0.4, -0.2) is 25.3 Å². The standard InChI is InChI=1S/C26H26BrClN2O4/c1-3-13-33-24-11-9-18(15-25(24)32-4-2)26(31)30-29-16-20-14-21(27)10-12-23(20)34-17-19-7-5-6-8-22(19)28/h5-12,14-16H,3-4,13,17H2,1-2H3,(H,30,31)/b29-16+. The van der Waals surface area contributed by atoms with Gasteiger partial charge in [-0.1, -0.05) is 52.7 Å². The number of hydrogen-bond donors (Lipinski definition) is 1. The molecule has 0 saturated heterocycles. The Morgan fingerprint density at radius 1 is 1.00 bits per heavy atom. The number of carbonyl (C=O) groups excluding carboxylic acids is 1. The smallest absolute Gasteiger partial charge is 0.271 e. The van der Waals surface area contributed by atoms with Crippen LogP contribution in [0.25, 0.3) is 0 Å². The highest BCUT2D eigenvalue weighted by atomic mass is 79.9. The van der Waals surface area contributed by atoms with Crippen molar-refractivity contribution in [1.29, 1.82) is 0 Å². The Kier molecular flexibility index (Phi) is 9.79. The zero-order valence-electron chi connectivity index (χ0n) is 19.0. The number of hydrazone groups is 1. The van der Waals surface area contributed by atoms with Gasteiger partial charge in [-0.3, -0.25) is 4.79 Å². The second-order valence-corrected chi connectivity index (χ2v) is 8.53. The molecular formula is C26H26BrClN2O4. The van der Waals surface area contributed by atoms with Crippen LogP contribution >= 0.6 is 27.5 Å². The zero-order chi connectivity index (χ0) is 24.3. The fourth-order valence-corrected chi connectivity index (χ4v) is 3.57. The van der Waals surface area contributed by atoms with Crippen LogP contribution < -0.4 is 19.6 Å². The molecule has 1 amide bonds. The van der Waals surface area contributed by atoms with E-state index >= 15 is 0 Å². The molecule has 0 spiro atoms. The van der Waals surface area contributed by atoms with Crippen LogP contribution in [-0.2, 0) is 6.61 Å². The van der Waals surface area contributed by atoms with Gasteiger partial charge < -0.3 is 14.2 Å². The Morgan fingerprint density at radius 3 is 2.56 bits per heavy atom. The SMILES string of the molecule is CCCOc1ccc(C(=O)N/N=C/c2cc(Br)ccc2OCc2ccccc2Cl)cc1OCC. The highest BCUT2D eigenvalue weighted by Gasteiger charge is 2.12. The molecule has 34 heavy (non-hydrogen) atoms. The zero-order valence-corrected chi connectivity index (χ0v) is 21.4. The summed E-state index contributed by atoms with van der Waals surface area (Å²) in [5.74, 6) is 1.37. The number of amides is 1. The lowest BCUT2D eigenvalue weighted by Gasteiger charge is -2.12. The minimum atomic E-state index is -0.368. The summed E-state index contributed by atoms with van der Waals surface area (Å²) in [6.07, 6.45) is 2.41. The Bertz CT molecular complexity index is 1150. The van der Waals surface area contributed by atoms with E-state index in [2.05, 4.69) is 26.5 Å². The van der Waals surface area contributed by atoms with Crippen molar-refractivity contribution in [3.05, 3.63) is 86.8 Å². The second-order valence-electron chi connectivity index (χ2n) is 7.20. The number of benzene rings is 3. The molecule has 0 saturated carbocycles. The third-order valence-corrected chi connectivity index (χ3v) is 5.51. The Hall–Kier alpha value is -3.03. The van der Waals surface area contributed by atoms with Gasteiger partial charge in [0.05, 0.1) is 19.4 Å². The molecule has 0 bridgehead atoms. The first-order chi connectivity index (χ1) is 16.5. The minimum absolute atomic E-state index is 0.307. The van der Waals surface area contributed by atoms with E-state index < -0.39 is 0 Å². The van der Waals surface area contributed by atoms with Crippen LogP contribution in [0.2, 0.25) is 5.02 Å². The van der Waals surface area contributed by atoms with Gasteiger partial charge in [-0.25, -0.2) is 5.43 Å². The number of nitrogens with one attached hydrogen (secondary N) is 1. The summed E-state index contributed by atoms with van der Waals surface area (Å²) >= 11 is 9.68. The normalized spacial score (nSPS) is 10.8. The molecule has 8 heteroatoms. The topological polar surface area (TPSA) is 69.2 Å². The molecule has 0 heterocycles. The van der Waals surface area contributed by atoms with Crippen molar-refractivity contribution in [3.63, 3.8) is 0 Å². The lowest BCUT2D eigenvalue weighted by atomic mass is 10.2. The highest BCUT2D eigenvalue weighted by Crippen LogP contribution is 2.29. The number of halogens is 2. The molecule has 6 nitrogen and oxygen atoms in total. The molecule has 3 aromatic carbocycles. The van der Waals surface area contributed by atoms with Gasteiger partial charge >= 0.3 is 0 Å². The summed E-state index contributed by atoms with van der Waals surface area (Å²) in [7, 11) is 0. The van der Waals surface area contributed by atoms with Gasteiger partial charge in [0.25, 0.3) is 5.91 Å². The Morgan fingerprint density at radius 2 is 1.79 bits per heavy atom. The van der Waals surface area contributed by atoms with E-state index in [-0.39, 0.29) is 5.91 Å².